The van der Waals surface area contributed by atoms with Crippen LogP contribution in [-0.2, 0) is 0 Å². The van der Waals surface area contributed by atoms with Gasteiger partial charge in [-0.2, -0.15) is 5.10 Å². The lowest BCUT2D eigenvalue weighted by Gasteiger charge is -2.37. The van der Waals surface area contributed by atoms with Crippen LogP contribution in [0.5, 0.6) is 0 Å². The zero-order valence-corrected chi connectivity index (χ0v) is 15.4. The number of thiocarbonyl (C=S) groups is 1. The second-order valence-electron chi connectivity index (χ2n) is 6.61. The molecule has 1 unspecified atom stereocenters. The number of anilines is 1. The van der Waals surface area contributed by atoms with Crippen LogP contribution in [0.25, 0.3) is 0 Å². The highest BCUT2D eigenvalue weighted by atomic mass is 32.1. The summed E-state index contributed by atoms with van der Waals surface area (Å²) in [4.78, 5) is 0. The number of aliphatic hydroxyl groups excluding tert-OH is 5. The van der Waals surface area contributed by atoms with Crippen LogP contribution in [0.2, 0.25) is 0 Å². The Labute approximate surface area is 157 Å². The molecule has 1 aromatic carbocycles. The summed E-state index contributed by atoms with van der Waals surface area (Å²) >= 11 is 5.37. The summed E-state index contributed by atoms with van der Waals surface area (Å²) in [6.07, 6.45) is -8.34. The predicted octanol–water partition coefficient (Wildman–Crippen LogP) is -0.802. The number of rotatable bonds is 4. The zero-order chi connectivity index (χ0) is 19.4. The fourth-order valence-electron chi connectivity index (χ4n) is 2.49. The van der Waals surface area contributed by atoms with E-state index in [4.69, 9.17) is 12.2 Å². The minimum Gasteiger partial charge on any atom is -0.387 e. The van der Waals surface area contributed by atoms with Crippen molar-refractivity contribution in [1.82, 2.24) is 5.32 Å². The summed E-state index contributed by atoms with van der Waals surface area (Å²) in [6, 6.07) is 8.82. The van der Waals surface area contributed by atoms with E-state index in [1.54, 1.807) is 24.3 Å². The lowest BCUT2D eigenvalue weighted by molar-refractivity contribution is -0.130. The van der Waals surface area contributed by atoms with E-state index in [9.17, 15) is 25.5 Å². The van der Waals surface area contributed by atoms with E-state index >= 15 is 0 Å². The number of nitrogens with zero attached hydrogens (tertiary/aromatic N) is 2. The molecule has 1 aromatic rings. The fraction of sp³-hybridized carbons (Fsp3) is 0.529. The molecule has 0 spiro atoms. The van der Waals surface area contributed by atoms with Gasteiger partial charge in [0.25, 0.3) is 0 Å². The summed E-state index contributed by atoms with van der Waals surface area (Å²) in [7, 11) is 0. The van der Waals surface area contributed by atoms with Crippen LogP contribution in [0, 0.1) is 5.92 Å². The molecule has 0 bridgehead atoms. The van der Waals surface area contributed by atoms with Gasteiger partial charge in [0.2, 0.25) is 0 Å². The molecule has 6 N–H and O–H groups in total. The third-order valence-corrected chi connectivity index (χ3v) is 4.34. The minimum atomic E-state index is -1.69. The second kappa shape index (κ2) is 8.85. The Morgan fingerprint density at radius 2 is 1.58 bits per heavy atom. The molecule has 144 valence electrons. The number of hydrogen-bond acceptors (Lipinski definition) is 7. The van der Waals surface area contributed by atoms with Gasteiger partial charge in [-0.15, -0.1) is 0 Å². The van der Waals surface area contributed by atoms with Crippen molar-refractivity contribution in [2.45, 2.75) is 44.4 Å². The maximum atomic E-state index is 10.2. The molecule has 1 saturated carbocycles. The highest BCUT2D eigenvalue weighted by molar-refractivity contribution is 7.80. The third kappa shape index (κ3) is 4.56. The second-order valence-corrected chi connectivity index (χ2v) is 7.00. The largest absolute Gasteiger partial charge is 0.387 e. The van der Waals surface area contributed by atoms with Gasteiger partial charge in [-0.3, -0.25) is 0 Å². The summed E-state index contributed by atoms with van der Waals surface area (Å²) < 4.78 is 0. The monoisotopic (exact) mass is 383 g/mol. The van der Waals surface area contributed by atoms with Gasteiger partial charge in [0.05, 0.1) is 5.69 Å². The molecular formula is C17H25N3O5S. The number of hydrazone groups is 1. The molecule has 0 saturated heterocycles. The zero-order valence-electron chi connectivity index (χ0n) is 14.6. The first-order valence-corrected chi connectivity index (χ1v) is 8.76. The van der Waals surface area contributed by atoms with Crippen molar-refractivity contribution >= 4 is 28.7 Å². The number of aliphatic hydroxyl groups is 5. The molecule has 0 aromatic heterocycles. The Bertz CT molecular complexity index is 625. The number of nitrogens with one attached hydrogen (secondary N) is 1. The Hall–Kier alpha value is -1.62. The van der Waals surface area contributed by atoms with E-state index in [2.05, 4.69) is 10.4 Å². The van der Waals surface area contributed by atoms with E-state index in [-0.39, 0.29) is 10.8 Å². The molecule has 1 aliphatic rings. The van der Waals surface area contributed by atoms with Crippen LogP contribution in [0.1, 0.15) is 13.8 Å². The first-order valence-electron chi connectivity index (χ1n) is 8.35. The number of hydrogen-bond donors (Lipinski definition) is 6. The molecule has 2 rings (SSSR count). The van der Waals surface area contributed by atoms with Gasteiger partial charge >= 0.3 is 0 Å². The van der Waals surface area contributed by atoms with Crippen LogP contribution in [0.3, 0.4) is 0 Å². The Kier molecular flexibility index (Phi) is 7.04. The smallest absolute Gasteiger partial charge is 0.194 e. The van der Waals surface area contributed by atoms with Crippen LogP contribution < -0.4 is 10.3 Å². The number of para-hydroxylation sites is 1. The van der Waals surface area contributed by atoms with Crippen molar-refractivity contribution in [3.05, 3.63) is 30.3 Å². The van der Waals surface area contributed by atoms with Crippen molar-refractivity contribution in [1.29, 1.82) is 0 Å². The highest BCUT2D eigenvalue weighted by Crippen LogP contribution is 2.22. The quantitative estimate of drug-likeness (QED) is 0.294. The van der Waals surface area contributed by atoms with E-state index in [0.717, 1.165) is 0 Å². The van der Waals surface area contributed by atoms with Gasteiger partial charge < -0.3 is 30.8 Å². The van der Waals surface area contributed by atoms with Crippen molar-refractivity contribution in [2.75, 3.05) is 11.6 Å². The van der Waals surface area contributed by atoms with Crippen molar-refractivity contribution in [3.8, 4) is 0 Å². The van der Waals surface area contributed by atoms with E-state index in [1.807, 2.05) is 19.9 Å². The molecule has 0 amide bonds. The van der Waals surface area contributed by atoms with E-state index < -0.39 is 30.5 Å². The maximum absolute atomic E-state index is 10.2. The van der Waals surface area contributed by atoms with Gasteiger partial charge in [-0.1, -0.05) is 32.0 Å². The minimum absolute atomic E-state index is 0.229. The van der Waals surface area contributed by atoms with Gasteiger partial charge in [-0.25, -0.2) is 5.01 Å². The van der Waals surface area contributed by atoms with Crippen molar-refractivity contribution in [3.63, 3.8) is 0 Å². The molecule has 5 atom stereocenters. The van der Waals surface area contributed by atoms with Gasteiger partial charge in [0.15, 0.2) is 5.11 Å². The molecule has 0 aliphatic heterocycles. The highest BCUT2D eigenvalue weighted by Gasteiger charge is 2.46. The average Bonchev–Trinajstić information content (AvgIpc) is 2.63. The van der Waals surface area contributed by atoms with E-state index in [1.165, 1.54) is 5.01 Å². The molecule has 0 heterocycles. The van der Waals surface area contributed by atoms with Crippen molar-refractivity contribution in [2.24, 2.45) is 11.0 Å². The molecule has 1 aliphatic carbocycles. The first kappa shape index (κ1) is 20.7. The average molecular weight is 383 g/mol. The van der Waals surface area contributed by atoms with Gasteiger partial charge in [0, 0.05) is 6.54 Å². The Balaban J connectivity index is 2.38. The topological polar surface area (TPSA) is 129 Å². The molecular weight excluding hydrogens is 358 g/mol. The molecule has 26 heavy (non-hydrogen) atoms. The molecule has 9 heteroatoms. The lowest BCUT2D eigenvalue weighted by Crippen LogP contribution is -2.62. The lowest BCUT2D eigenvalue weighted by atomic mass is 9.85. The number of benzene rings is 1. The standard InChI is InChI=1S/C17H25N3O5S/c1-9(2)8-18-17(26)20(10-6-4-3-5-7-10)19-11-12(21)14(23)16(25)15(24)13(11)22/h3-7,9,12-16,21-25H,8H2,1-2H3,(H,18,26)/t12-,13+,14-,15-,16?/m1/s1. The van der Waals surface area contributed by atoms with Crippen LogP contribution in [0.4, 0.5) is 5.69 Å². The van der Waals surface area contributed by atoms with Crippen LogP contribution in [-0.4, -0.2) is 73.4 Å². The Morgan fingerprint density at radius 3 is 2.08 bits per heavy atom. The van der Waals surface area contributed by atoms with Crippen LogP contribution in [0.15, 0.2) is 35.4 Å². The molecule has 1 fully saturated rings. The fourth-order valence-corrected chi connectivity index (χ4v) is 2.72. The summed E-state index contributed by atoms with van der Waals surface area (Å²) in [5.74, 6) is 0.322. The maximum Gasteiger partial charge on any atom is 0.194 e. The molecule has 8 nitrogen and oxygen atoms in total. The van der Waals surface area contributed by atoms with Gasteiger partial charge in [-0.05, 0) is 30.3 Å². The Morgan fingerprint density at radius 1 is 1.04 bits per heavy atom. The van der Waals surface area contributed by atoms with Crippen LogP contribution >= 0.6 is 12.2 Å². The SMILES string of the molecule is CC(C)CNC(=S)N(N=C1[C@@H](O)[C@@H](O)C(O)[C@H](O)[C@H]1O)c1ccccc1. The normalized spacial score (nSPS) is 30.5. The molecule has 0 radical (unpaired) electrons. The van der Waals surface area contributed by atoms with Crippen molar-refractivity contribution < 1.29 is 25.5 Å². The predicted molar refractivity (Wildman–Crippen MR) is 102 cm³/mol. The van der Waals surface area contributed by atoms with Gasteiger partial charge in [0.1, 0.15) is 36.2 Å². The first-order chi connectivity index (χ1) is 12.2. The third-order valence-electron chi connectivity index (χ3n) is 4.02. The summed E-state index contributed by atoms with van der Waals surface area (Å²) in [6.45, 7) is 4.61. The summed E-state index contributed by atoms with van der Waals surface area (Å²) in [5, 5.41) is 58.6. The summed E-state index contributed by atoms with van der Waals surface area (Å²) in [5.41, 5.74) is 0.281. The van der Waals surface area contributed by atoms with E-state index in [0.29, 0.717) is 18.2 Å².